The lowest BCUT2D eigenvalue weighted by Crippen LogP contribution is -2.12. The number of fused-ring (bicyclic) bond motifs is 1. The minimum atomic E-state index is -3.87. The molecule has 0 aliphatic rings. The third-order valence-corrected chi connectivity index (χ3v) is 2.74. The van der Waals surface area contributed by atoms with Crippen LogP contribution in [0.5, 0.6) is 0 Å². The largest absolute Gasteiger partial charge is 0.432 e. The standard InChI is InChI=1S/C8H6N2O4S/c9-15(12,13)6-3-1-2-5-8(6)14-7(4-11)10-5/h1-4H,(H2,9,12,13). The van der Waals surface area contributed by atoms with Crippen molar-refractivity contribution >= 4 is 27.4 Å². The van der Waals surface area contributed by atoms with Crippen LogP contribution in [-0.2, 0) is 10.0 Å². The predicted molar refractivity (Wildman–Crippen MR) is 50.8 cm³/mol. The highest BCUT2D eigenvalue weighted by Gasteiger charge is 2.16. The van der Waals surface area contributed by atoms with Crippen molar-refractivity contribution < 1.29 is 17.6 Å². The maximum Gasteiger partial charge on any atom is 0.260 e. The van der Waals surface area contributed by atoms with Crippen LogP contribution in [0.2, 0.25) is 0 Å². The first kappa shape index (κ1) is 9.81. The molecular weight excluding hydrogens is 220 g/mol. The van der Waals surface area contributed by atoms with Gasteiger partial charge in [0.25, 0.3) is 5.89 Å². The number of hydrogen-bond donors (Lipinski definition) is 1. The molecule has 7 heteroatoms. The molecule has 6 nitrogen and oxygen atoms in total. The normalized spacial score (nSPS) is 11.8. The summed E-state index contributed by atoms with van der Waals surface area (Å²) < 4.78 is 27.2. The zero-order chi connectivity index (χ0) is 11.1. The monoisotopic (exact) mass is 226 g/mol. The first-order valence-corrected chi connectivity index (χ1v) is 5.44. The van der Waals surface area contributed by atoms with E-state index in [2.05, 4.69) is 4.98 Å². The molecule has 0 aliphatic heterocycles. The number of oxazole rings is 1. The lowest BCUT2D eigenvalue weighted by Gasteiger charge is -1.96. The Balaban J connectivity index is 2.87. The van der Waals surface area contributed by atoms with Crippen molar-refractivity contribution in [2.75, 3.05) is 0 Å². The summed E-state index contributed by atoms with van der Waals surface area (Å²) in [5.41, 5.74) is 0.283. The summed E-state index contributed by atoms with van der Waals surface area (Å²) in [5.74, 6) is -0.180. The van der Waals surface area contributed by atoms with Crippen molar-refractivity contribution in [3.8, 4) is 0 Å². The summed E-state index contributed by atoms with van der Waals surface area (Å²) in [5, 5.41) is 4.97. The molecule has 0 spiro atoms. The van der Waals surface area contributed by atoms with Gasteiger partial charge in [-0.1, -0.05) is 6.07 Å². The van der Waals surface area contributed by atoms with E-state index in [0.29, 0.717) is 6.29 Å². The van der Waals surface area contributed by atoms with Gasteiger partial charge in [0, 0.05) is 0 Å². The van der Waals surface area contributed by atoms with E-state index in [1.54, 1.807) is 0 Å². The fraction of sp³-hybridized carbons (Fsp3) is 0. The van der Waals surface area contributed by atoms with Crippen LogP contribution in [0.25, 0.3) is 11.1 Å². The topological polar surface area (TPSA) is 103 Å². The van der Waals surface area contributed by atoms with E-state index < -0.39 is 10.0 Å². The van der Waals surface area contributed by atoms with Gasteiger partial charge in [0.05, 0.1) is 0 Å². The Labute approximate surface area is 84.8 Å². The molecule has 2 aromatic rings. The van der Waals surface area contributed by atoms with E-state index in [1.807, 2.05) is 0 Å². The van der Waals surface area contributed by atoms with Crippen LogP contribution in [0.15, 0.2) is 27.5 Å². The first-order valence-electron chi connectivity index (χ1n) is 3.90. The Hall–Kier alpha value is -1.73. The summed E-state index contributed by atoms with van der Waals surface area (Å²) in [7, 11) is -3.87. The average Bonchev–Trinajstić information content (AvgIpc) is 2.57. The minimum Gasteiger partial charge on any atom is -0.432 e. The van der Waals surface area contributed by atoms with Crippen molar-refractivity contribution in [3.63, 3.8) is 0 Å². The van der Waals surface area contributed by atoms with Gasteiger partial charge in [0.2, 0.25) is 16.3 Å². The zero-order valence-electron chi connectivity index (χ0n) is 7.38. The number of sulfonamides is 1. The number of aromatic nitrogens is 1. The molecule has 0 bridgehead atoms. The molecule has 0 saturated heterocycles. The number of carbonyl (C=O) groups is 1. The highest BCUT2D eigenvalue weighted by Crippen LogP contribution is 2.22. The second kappa shape index (κ2) is 3.14. The number of aldehydes is 1. The van der Waals surface area contributed by atoms with Crippen LogP contribution < -0.4 is 5.14 Å². The SMILES string of the molecule is NS(=O)(=O)c1cccc2nc(C=O)oc12. The van der Waals surface area contributed by atoms with Crippen molar-refractivity contribution in [2.45, 2.75) is 4.90 Å². The van der Waals surface area contributed by atoms with Gasteiger partial charge in [0.1, 0.15) is 10.4 Å². The van der Waals surface area contributed by atoms with Crippen LogP contribution in [0.3, 0.4) is 0 Å². The molecule has 0 fully saturated rings. The molecule has 1 aromatic carbocycles. The van der Waals surface area contributed by atoms with E-state index >= 15 is 0 Å². The average molecular weight is 226 g/mol. The van der Waals surface area contributed by atoms with Crippen LogP contribution in [0, 0.1) is 0 Å². The third-order valence-electron chi connectivity index (χ3n) is 1.80. The van der Waals surface area contributed by atoms with Gasteiger partial charge in [-0.05, 0) is 12.1 Å². The summed E-state index contributed by atoms with van der Waals surface area (Å²) in [6.45, 7) is 0. The van der Waals surface area contributed by atoms with Gasteiger partial charge in [-0.15, -0.1) is 0 Å². The van der Waals surface area contributed by atoms with Gasteiger partial charge in [0.15, 0.2) is 5.58 Å². The Morgan fingerprint density at radius 3 is 2.73 bits per heavy atom. The summed E-state index contributed by atoms with van der Waals surface area (Å²) in [6.07, 6.45) is 0.396. The summed E-state index contributed by atoms with van der Waals surface area (Å²) >= 11 is 0. The minimum absolute atomic E-state index is 0.00194. The number of hydrogen-bond acceptors (Lipinski definition) is 5. The second-order valence-corrected chi connectivity index (χ2v) is 4.35. The maximum atomic E-state index is 11.1. The Morgan fingerprint density at radius 1 is 1.40 bits per heavy atom. The fourth-order valence-electron chi connectivity index (χ4n) is 1.22. The quantitative estimate of drug-likeness (QED) is 0.741. The molecule has 15 heavy (non-hydrogen) atoms. The van der Waals surface area contributed by atoms with Crippen LogP contribution in [0.1, 0.15) is 10.7 Å². The second-order valence-electron chi connectivity index (χ2n) is 2.82. The predicted octanol–water partition coefficient (Wildman–Crippen LogP) is 0.288. The number of carbonyl (C=O) groups excluding carboxylic acids is 1. The maximum absolute atomic E-state index is 11.1. The highest BCUT2D eigenvalue weighted by atomic mass is 32.2. The van der Waals surface area contributed by atoms with Gasteiger partial charge < -0.3 is 4.42 Å². The van der Waals surface area contributed by atoms with E-state index in [9.17, 15) is 13.2 Å². The molecule has 0 amide bonds. The molecule has 2 N–H and O–H groups in total. The van der Waals surface area contributed by atoms with Crippen LogP contribution >= 0.6 is 0 Å². The molecule has 0 radical (unpaired) electrons. The molecule has 0 atom stereocenters. The highest BCUT2D eigenvalue weighted by molar-refractivity contribution is 7.89. The molecule has 1 heterocycles. The van der Waals surface area contributed by atoms with Gasteiger partial charge >= 0.3 is 0 Å². The van der Waals surface area contributed by atoms with E-state index in [-0.39, 0.29) is 21.9 Å². The van der Waals surface area contributed by atoms with Crippen molar-refractivity contribution in [3.05, 3.63) is 24.1 Å². The Morgan fingerprint density at radius 2 is 2.13 bits per heavy atom. The Kier molecular flexibility index (Phi) is 2.06. The lowest BCUT2D eigenvalue weighted by molar-refractivity contribution is 0.109. The number of nitrogens with zero attached hydrogens (tertiary/aromatic N) is 1. The van der Waals surface area contributed by atoms with E-state index in [4.69, 9.17) is 9.56 Å². The van der Waals surface area contributed by atoms with Crippen LogP contribution in [-0.4, -0.2) is 19.7 Å². The van der Waals surface area contributed by atoms with Gasteiger partial charge in [-0.3, -0.25) is 4.79 Å². The molecule has 0 saturated carbocycles. The summed E-state index contributed by atoms with van der Waals surface area (Å²) in [4.78, 5) is 14.0. The number of benzene rings is 1. The molecule has 0 unspecified atom stereocenters. The molecule has 1 aromatic heterocycles. The smallest absolute Gasteiger partial charge is 0.260 e. The lowest BCUT2D eigenvalue weighted by atomic mass is 10.3. The number of nitrogens with two attached hydrogens (primary N) is 1. The number of rotatable bonds is 2. The van der Waals surface area contributed by atoms with Crippen LogP contribution in [0.4, 0.5) is 0 Å². The third kappa shape index (κ3) is 1.62. The summed E-state index contributed by atoms with van der Waals surface area (Å²) in [6, 6.07) is 4.29. The Bertz CT molecular complexity index is 629. The van der Waals surface area contributed by atoms with Crippen molar-refractivity contribution in [1.82, 2.24) is 4.98 Å². The molecular formula is C8H6N2O4S. The zero-order valence-corrected chi connectivity index (χ0v) is 8.19. The van der Waals surface area contributed by atoms with Gasteiger partial charge in [-0.2, -0.15) is 0 Å². The molecule has 2 rings (SSSR count). The fourth-order valence-corrected chi connectivity index (χ4v) is 1.89. The molecule has 78 valence electrons. The number of primary sulfonamides is 1. The van der Waals surface area contributed by atoms with Crippen molar-refractivity contribution in [2.24, 2.45) is 5.14 Å². The van der Waals surface area contributed by atoms with Crippen molar-refractivity contribution in [1.29, 1.82) is 0 Å². The van der Waals surface area contributed by atoms with E-state index in [1.165, 1.54) is 18.2 Å². The van der Waals surface area contributed by atoms with Gasteiger partial charge in [-0.25, -0.2) is 18.5 Å². The molecule has 0 aliphatic carbocycles. The number of para-hydroxylation sites is 1. The van der Waals surface area contributed by atoms with E-state index in [0.717, 1.165) is 0 Å². The first-order chi connectivity index (χ1) is 7.02.